The van der Waals surface area contributed by atoms with Gasteiger partial charge in [0.25, 0.3) is 0 Å². The molecule has 0 bridgehead atoms. The lowest BCUT2D eigenvalue weighted by Crippen LogP contribution is -2.32. The van der Waals surface area contributed by atoms with Crippen LogP contribution in [0.15, 0.2) is 66.7 Å². The molecule has 1 unspecified atom stereocenters. The number of carbonyl (C=O) groups excluding carboxylic acids is 2. The number of amides is 1. The van der Waals surface area contributed by atoms with Gasteiger partial charge in [0.2, 0.25) is 5.91 Å². The molecule has 0 heterocycles. The smallest absolute Gasteiger partial charge is 0.224 e. The van der Waals surface area contributed by atoms with Crippen molar-refractivity contribution in [2.24, 2.45) is 5.73 Å². The van der Waals surface area contributed by atoms with Crippen LogP contribution in [0.25, 0.3) is 0 Å². The lowest BCUT2D eigenvalue weighted by atomic mass is 9.99. The van der Waals surface area contributed by atoms with Crippen molar-refractivity contribution in [1.82, 2.24) is 0 Å². The zero-order valence-corrected chi connectivity index (χ0v) is 18.7. The molecule has 0 aliphatic rings. The zero-order chi connectivity index (χ0) is 23.1. The predicted octanol–water partition coefficient (Wildman–Crippen LogP) is 4.98. The van der Waals surface area contributed by atoms with Crippen LogP contribution in [0.4, 0.5) is 17.1 Å². The number of nitrogens with one attached hydrogen (secondary N) is 3. The molecule has 0 fully saturated rings. The van der Waals surface area contributed by atoms with Gasteiger partial charge in [-0.1, -0.05) is 48.5 Å². The second-order valence-corrected chi connectivity index (χ2v) is 7.97. The molecular formula is C26H30N4O2. The molecule has 166 valence electrons. The van der Waals surface area contributed by atoms with E-state index in [1.807, 2.05) is 75.4 Å². The Labute approximate surface area is 189 Å². The summed E-state index contributed by atoms with van der Waals surface area (Å²) in [5, 5.41) is 2.87. The lowest BCUT2D eigenvalue weighted by Gasteiger charge is -2.16. The van der Waals surface area contributed by atoms with Gasteiger partial charge < -0.3 is 21.9 Å². The molecule has 1 atom stereocenters. The Bertz CT molecular complexity index is 1110. The summed E-state index contributed by atoms with van der Waals surface area (Å²) in [4.78, 5) is 25.1. The number of Topliss-reactive ketones (excluding diaryl/α,β-unsaturated/α-hetero) is 1. The van der Waals surface area contributed by atoms with Crippen LogP contribution in [0, 0.1) is 20.8 Å². The molecule has 5 N–H and O–H groups in total. The fraction of sp³-hybridized carbons (Fsp3) is 0.231. The second-order valence-electron chi connectivity index (χ2n) is 7.97. The van der Waals surface area contributed by atoms with E-state index in [0.29, 0.717) is 5.56 Å². The van der Waals surface area contributed by atoms with E-state index >= 15 is 0 Å². The van der Waals surface area contributed by atoms with Crippen LogP contribution in [0.2, 0.25) is 0 Å². The van der Waals surface area contributed by atoms with E-state index in [0.717, 1.165) is 33.8 Å². The number of ketones is 1. The van der Waals surface area contributed by atoms with Crippen molar-refractivity contribution in [2.45, 2.75) is 39.7 Å². The highest BCUT2D eigenvalue weighted by molar-refractivity contribution is 6.01. The zero-order valence-electron chi connectivity index (χ0n) is 18.7. The first-order valence-corrected chi connectivity index (χ1v) is 10.7. The molecule has 0 aromatic heterocycles. The monoisotopic (exact) mass is 430 g/mol. The highest BCUT2D eigenvalue weighted by Gasteiger charge is 2.18. The molecule has 0 aliphatic carbocycles. The SMILES string of the molecule is Cc1ccccc1NNc1cc(C(=O)C(N)CCC(=O)Nc2ccccc2C)ccc1C. The summed E-state index contributed by atoms with van der Waals surface area (Å²) in [5.74, 6) is -0.344. The van der Waals surface area contributed by atoms with E-state index < -0.39 is 6.04 Å². The maximum absolute atomic E-state index is 12.9. The van der Waals surface area contributed by atoms with Crippen LogP contribution in [0.3, 0.4) is 0 Å². The number of para-hydroxylation sites is 2. The van der Waals surface area contributed by atoms with Gasteiger partial charge in [0.05, 0.1) is 17.4 Å². The van der Waals surface area contributed by atoms with E-state index in [-0.39, 0.29) is 24.5 Å². The number of hydrazine groups is 1. The van der Waals surface area contributed by atoms with Crippen molar-refractivity contribution < 1.29 is 9.59 Å². The number of carbonyl (C=O) groups is 2. The molecule has 0 saturated heterocycles. The predicted molar refractivity (Wildman–Crippen MR) is 131 cm³/mol. The third kappa shape index (κ3) is 5.95. The van der Waals surface area contributed by atoms with E-state index in [1.165, 1.54) is 0 Å². The standard InChI is InChI=1S/C26H30N4O2/c1-17-8-4-6-10-22(17)28-25(31)15-14-21(27)26(32)20-13-12-19(3)24(16-20)30-29-23-11-7-5-9-18(23)2/h4-13,16,21,29-30H,14-15,27H2,1-3H3,(H,28,31). The van der Waals surface area contributed by atoms with Gasteiger partial charge >= 0.3 is 0 Å². The minimum Gasteiger partial charge on any atom is -0.326 e. The van der Waals surface area contributed by atoms with E-state index in [9.17, 15) is 9.59 Å². The molecule has 0 saturated carbocycles. The highest BCUT2D eigenvalue weighted by Crippen LogP contribution is 2.21. The number of benzene rings is 3. The van der Waals surface area contributed by atoms with Gasteiger partial charge in [-0.15, -0.1) is 0 Å². The molecule has 3 aromatic carbocycles. The summed E-state index contributed by atoms with van der Waals surface area (Å²) >= 11 is 0. The molecular weight excluding hydrogens is 400 g/mol. The maximum atomic E-state index is 12.9. The number of rotatable bonds is 9. The Morgan fingerprint density at radius 2 is 1.34 bits per heavy atom. The Hall–Kier alpha value is -3.64. The highest BCUT2D eigenvalue weighted by atomic mass is 16.1. The number of aryl methyl sites for hydroxylation is 3. The quantitative estimate of drug-likeness (QED) is 0.284. The first-order chi connectivity index (χ1) is 15.3. The van der Waals surface area contributed by atoms with Crippen LogP contribution in [0.1, 0.15) is 39.9 Å². The number of hydrogen-bond donors (Lipinski definition) is 4. The van der Waals surface area contributed by atoms with Gasteiger partial charge in [0, 0.05) is 17.7 Å². The van der Waals surface area contributed by atoms with Crippen LogP contribution in [-0.2, 0) is 4.79 Å². The van der Waals surface area contributed by atoms with Crippen molar-refractivity contribution in [2.75, 3.05) is 16.2 Å². The van der Waals surface area contributed by atoms with E-state index in [2.05, 4.69) is 16.2 Å². The summed E-state index contributed by atoms with van der Waals surface area (Å²) < 4.78 is 0. The second kappa shape index (κ2) is 10.6. The van der Waals surface area contributed by atoms with Crippen LogP contribution in [-0.4, -0.2) is 17.7 Å². The molecule has 3 aromatic rings. The van der Waals surface area contributed by atoms with Crippen molar-refractivity contribution in [3.05, 3.63) is 89.0 Å². The summed E-state index contributed by atoms with van der Waals surface area (Å²) in [7, 11) is 0. The fourth-order valence-electron chi connectivity index (χ4n) is 3.32. The van der Waals surface area contributed by atoms with Crippen LogP contribution < -0.4 is 21.9 Å². The van der Waals surface area contributed by atoms with Crippen LogP contribution >= 0.6 is 0 Å². The maximum Gasteiger partial charge on any atom is 0.224 e. The average molecular weight is 431 g/mol. The van der Waals surface area contributed by atoms with E-state index in [1.54, 1.807) is 12.1 Å². The average Bonchev–Trinajstić information content (AvgIpc) is 2.79. The summed E-state index contributed by atoms with van der Waals surface area (Å²) in [5.41, 5.74) is 18.6. The topological polar surface area (TPSA) is 96.2 Å². The fourth-order valence-corrected chi connectivity index (χ4v) is 3.32. The molecule has 0 aliphatic heterocycles. The number of nitrogens with two attached hydrogens (primary N) is 1. The van der Waals surface area contributed by atoms with Gasteiger partial charge in [-0.2, -0.15) is 0 Å². The molecule has 0 radical (unpaired) electrons. The van der Waals surface area contributed by atoms with Crippen molar-refractivity contribution in [3.8, 4) is 0 Å². The number of hydrogen-bond acceptors (Lipinski definition) is 5. The third-order valence-electron chi connectivity index (χ3n) is 5.44. The molecule has 6 heteroatoms. The van der Waals surface area contributed by atoms with Crippen molar-refractivity contribution in [3.63, 3.8) is 0 Å². The van der Waals surface area contributed by atoms with Crippen molar-refractivity contribution >= 4 is 28.8 Å². The van der Waals surface area contributed by atoms with Gasteiger partial charge in [-0.05, 0) is 62.1 Å². The Balaban J connectivity index is 1.59. The number of anilines is 3. The molecule has 6 nitrogen and oxygen atoms in total. The lowest BCUT2D eigenvalue weighted by molar-refractivity contribution is -0.116. The summed E-state index contributed by atoms with van der Waals surface area (Å²) in [6.07, 6.45) is 0.446. The molecule has 0 spiro atoms. The molecule has 3 rings (SSSR count). The Morgan fingerprint density at radius 3 is 2.00 bits per heavy atom. The summed E-state index contributed by atoms with van der Waals surface area (Å²) in [6, 6.07) is 20.2. The minimum absolute atomic E-state index is 0.156. The Morgan fingerprint density at radius 1 is 0.781 bits per heavy atom. The summed E-state index contributed by atoms with van der Waals surface area (Å²) in [6.45, 7) is 5.92. The molecule has 1 amide bonds. The third-order valence-corrected chi connectivity index (χ3v) is 5.44. The van der Waals surface area contributed by atoms with Gasteiger partial charge in [-0.25, -0.2) is 0 Å². The van der Waals surface area contributed by atoms with Crippen LogP contribution in [0.5, 0.6) is 0 Å². The van der Waals surface area contributed by atoms with E-state index in [4.69, 9.17) is 5.73 Å². The molecule has 32 heavy (non-hydrogen) atoms. The first-order valence-electron chi connectivity index (χ1n) is 10.7. The van der Waals surface area contributed by atoms with Crippen molar-refractivity contribution in [1.29, 1.82) is 0 Å². The minimum atomic E-state index is -0.752. The van der Waals surface area contributed by atoms with Gasteiger partial charge in [-0.3, -0.25) is 9.59 Å². The first kappa shape index (κ1) is 23.0. The van der Waals surface area contributed by atoms with Gasteiger partial charge in [0.1, 0.15) is 0 Å². The largest absolute Gasteiger partial charge is 0.326 e. The van der Waals surface area contributed by atoms with Gasteiger partial charge in [0.15, 0.2) is 5.78 Å². The normalized spacial score (nSPS) is 11.5. The Kier molecular flexibility index (Phi) is 7.63.